The zero-order chi connectivity index (χ0) is 17.9. The Bertz CT molecular complexity index is 861. The Morgan fingerprint density at radius 1 is 1.28 bits per heavy atom. The maximum absolute atomic E-state index is 12.4. The van der Waals surface area contributed by atoms with Crippen LogP contribution < -0.4 is 14.8 Å². The molecule has 0 bridgehead atoms. The molecule has 8 heteroatoms. The molecule has 6 nitrogen and oxygen atoms in total. The van der Waals surface area contributed by atoms with Gasteiger partial charge in [0, 0.05) is 24.3 Å². The number of hydrogen-bond donors (Lipinski definition) is 2. The summed E-state index contributed by atoms with van der Waals surface area (Å²) in [6.07, 6.45) is 0.789. The number of carbonyl (C=O) groups is 1. The third-order valence-electron chi connectivity index (χ3n) is 3.93. The molecule has 1 aliphatic rings. The van der Waals surface area contributed by atoms with E-state index in [0.717, 1.165) is 33.9 Å². The summed E-state index contributed by atoms with van der Waals surface area (Å²) < 4.78 is 33.5. The summed E-state index contributed by atoms with van der Waals surface area (Å²) >= 11 is 1.16. The van der Waals surface area contributed by atoms with E-state index < -0.39 is 10.0 Å². The Labute approximate surface area is 151 Å². The van der Waals surface area contributed by atoms with Gasteiger partial charge in [-0.25, -0.2) is 13.1 Å². The van der Waals surface area contributed by atoms with Crippen LogP contribution in [-0.4, -0.2) is 27.5 Å². The maximum atomic E-state index is 12.4. The van der Waals surface area contributed by atoms with Crippen LogP contribution in [0.15, 0.2) is 40.6 Å². The number of thiophene rings is 1. The van der Waals surface area contributed by atoms with Gasteiger partial charge in [0.05, 0.1) is 13.2 Å². The van der Waals surface area contributed by atoms with Crippen molar-refractivity contribution in [1.82, 2.24) is 10.0 Å². The summed E-state index contributed by atoms with van der Waals surface area (Å²) in [5.74, 6) is 0.833. The van der Waals surface area contributed by atoms with E-state index in [2.05, 4.69) is 10.0 Å². The van der Waals surface area contributed by atoms with Gasteiger partial charge in [-0.15, -0.1) is 11.3 Å². The fourth-order valence-electron chi connectivity index (χ4n) is 2.63. The Kier molecular flexibility index (Phi) is 5.41. The predicted molar refractivity (Wildman–Crippen MR) is 96.2 cm³/mol. The first-order chi connectivity index (χ1) is 11.9. The Morgan fingerprint density at radius 2 is 2.08 bits per heavy atom. The average Bonchev–Trinajstić information content (AvgIpc) is 3.08. The molecule has 0 aliphatic carbocycles. The highest BCUT2D eigenvalue weighted by molar-refractivity contribution is 7.91. The zero-order valence-electron chi connectivity index (χ0n) is 13.8. The number of sulfonamides is 1. The van der Waals surface area contributed by atoms with Gasteiger partial charge >= 0.3 is 0 Å². The van der Waals surface area contributed by atoms with Gasteiger partial charge in [-0.05, 0) is 30.2 Å². The number of fused-ring (bicyclic) bond motifs is 1. The largest absolute Gasteiger partial charge is 0.493 e. The summed E-state index contributed by atoms with van der Waals surface area (Å²) in [6.45, 7) is 2.59. The van der Waals surface area contributed by atoms with E-state index in [9.17, 15) is 13.2 Å². The van der Waals surface area contributed by atoms with E-state index >= 15 is 0 Å². The number of rotatable bonds is 6. The lowest BCUT2D eigenvalue weighted by atomic mass is 9.97. The monoisotopic (exact) mass is 380 g/mol. The summed E-state index contributed by atoms with van der Waals surface area (Å²) in [6, 6.07) is 11.1. The van der Waals surface area contributed by atoms with Crippen LogP contribution >= 0.6 is 11.3 Å². The molecule has 2 heterocycles. The molecule has 0 fully saturated rings. The summed E-state index contributed by atoms with van der Waals surface area (Å²) in [5.41, 5.74) is 1.10. The lowest BCUT2D eigenvalue weighted by Crippen LogP contribution is -2.34. The van der Waals surface area contributed by atoms with Gasteiger partial charge in [-0.1, -0.05) is 18.2 Å². The normalized spacial score (nSPS) is 16.8. The van der Waals surface area contributed by atoms with Crippen molar-refractivity contribution >= 4 is 27.3 Å². The Balaban J connectivity index is 1.58. The van der Waals surface area contributed by atoms with Crippen molar-refractivity contribution in [2.45, 2.75) is 24.1 Å². The van der Waals surface area contributed by atoms with E-state index in [-0.39, 0.29) is 16.0 Å². The van der Waals surface area contributed by atoms with E-state index in [4.69, 9.17) is 4.74 Å². The molecule has 2 aromatic rings. The quantitative estimate of drug-likeness (QED) is 0.802. The van der Waals surface area contributed by atoms with Crippen LogP contribution in [0.2, 0.25) is 0 Å². The van der Waals surface area contributed by atoms with Gasteiger partial charge < -0.3 is 10.1 Å². The van der Waals surface area contributed by atoms with E-state index in [1.807, 2.05) is 24.3 Å². The first kappa shape index (κ1) is 17.9. The number of hydrogen-bond acceptors (Lipinski definition) is 5. The molecule has 134 valence electrons. The van der Waals surface area contributed by atoms with Gasteiger partial charge in [-0.3, -0.25) is 4.79 Å². The van der Waals surface area contributed by atoms with Crippen molar-refractivity contribution in [2.75, 3.05) is 13.2 Å². The van der Waals surface area contributed by atoms with Crippen LogP contribution in [0, 0.1) is 5.92 Å². The molecule has 2 N–H and O–H groups in total. The lowest BCUT2D eigenvalue weighted by Gasteiger charge is -2.25. The fourth-order valence-corrected chi connectivity index (χ4v) is 5.09. The lowest BCUT2D eigenvalue weighted by molar-refractivity contribution is -0.119. The van der Waals surface area contributed by atoms with Crippen LogP contribution in [0.1, 0.15) is 17.4 Å². The number of carbonyl (C=O) groups excluding carboxylic acids is 1. The molecule has 1 unspecified atom stereocenters. The molecule has 1 amide bonds. The summed E-state index contributed by atoms with van der Waals surface area (Å²) in [7, 11) is -3.55. The smallest absolute Gasteiger partial charge is 0.250 e. The highest BCUT2D eigenvalue weighted by Gasteiger charge is 2.23. The van der Waals surface area contributed by atoms with Crippen LogP contribution in [0.5, 0.6) is 5.75 Å². The minimum atomic E-state index is -3.55. The van der Waals surface area contributed by atoms with Gasteiger partial charge in [0.2, 0.25) is 15.9 Å². The van der Waals surface area contributed by atoms with E-state index in [0.29, 0.717) is 19.7 Å². The molecule has 0 saturated carbocycles. The number of ether oxygens (including phenoxy) is 1. The van der Waals surface area contributed by atoms with Crippen LogP contribution in [0.25, 0.3) is 0 Å². The van der Waals surface area contributed by atoms with E-state index in [1.54, 1.807) is 12.1 Å². The molecule has 3 rings (SSSR count). The predicted octanol–water partition coefficient (Wildman–Crippen LogP) is 1.91. The minimum Gasteiger partial charge on any atom is -0.493 e. The average molecular weight is 380 g/mol. The molecule has 25 heavy (non-hydrogen) atoms. The molecule has 0 radical (unpaired) electrons. The number of para-hydroxylation sites is 1. The van der Waals surface area contributed by atoms with Crippen molar-refractivity contribution < 1.29 is 17.9 Å². The molecule has 0 saturated heterocycles. The minimum absolute atomic E-state index is 0.100. The highest BCUT2D eigenvalue weighted by atomic mass is 32.2. The first-order valence-corrected chi connectivity index (χ1v) is 10.3. The molecular weight excluding hydrogens is 360 g/mol. The molecular formula is C17H20N2O4S2. The topological polar surface area (TPSA) is 84.5 Å². The Hall–Kier alpha value is -1.90. The van der Waals surface area contributed by atoms with Crippen LogP contribution in [0.4, 0.5) is 0 Å². The SMILES string of the molecule is CC(=O)NCc1ccc(S(=O)(=O)NCC2COc3ccccc3C2)s1. The van der Waals surface area contributed by atoms with Crippen molar-refractivity contribution in [1.29, 1.82) is 0 Å². The first-order valence-electron chi connectivity index (χ1n) is 7.97. The summed E-state index contributed by atoms with van der Waals surface area (Å²) in [5, 5.41) is 2.66. The highest BCUT2D eigenvalue weighted by Crippen LogP contribution is 2.27. The van der Waals surface area contributed by atoms with Gasteiger partial charge in [-0.2, -0.15) is 0 Å². The maximum Gasteiger partial charge on any atom is 0.250 e. The van der Waals surface area contributed by atoms with Gasteiger partial charge in [0.15, 0.2) is 0 Å². The van der Waals surface area contributed by atoms with Crippen molar-refractivity contribution in [2.24, 2.45) is 5.92 Å². The third kappa shape index (κ3) is 4.59. The summed E-state index contributed by atoms with van der Waals surface area (Å²) in [4.78, 5) is 11.7. The number of nitrogens with one attached hydrogen (secondary N) is 2. The third-order valence-corrected chi connectivity index (χ3v) is 6.93. The molecule has 0 spiro atoms. The molecule has 1 aromatic carbocycles. The van der Waals surface area contributed by atoms with E-state index in [1.165, 1.54) is 6.92 Å². The molecule has 1 atom stereocenters. The number of benzene rings is 1. The van der Waals surface area contributed by atoms with Crippen LogP contribution in [-0.2, 0) is 27.8 Å². The van der Waals surface area contributed by atoms with Crippen molar-refractivity contribution in [3.8, 4) is 5.75 Å². The van der Waals surface area contributed by atoms with Crippen LogP contribution in [0.3, 0.4) is 0 Å². The zero-order valence-corrected chi connectivity index (χ0v) is 15.5. The van der Waals surface area contributed by atoms with Gasteiger partial charge in [0.1, 0.15) is 9.96 Å². The van der Waals surface area contributed by atoms with Crippen molar-refractivity contribution in [3.63, 3.8) is 0 Å². The standard InChI is InChI=1S/C17H20N2O4S2/c1-12(20)18-10-15-6-7-17(24-15)25(21,22)19-9-13-8-14-4-2-3-5-16(14)23-11-13/h2-7,13,19H,8-11H2,1H3,(H,18,20). The van der Waals surface area contributed by atoms with Crippen molar-refractivity contribution in [3.05, 3.63) is 46.8 Å². The fraction of sp³-hybridized carbons (Fsp3) is 0.353. The number of amides is 1. The second kappa shape index (κ2) is 7.55. The van der Waals surface area contributed by atoms with Gasteiger partial charge in [0.25, 0.3) is 0 Å². The molecule has 1 aliphatic heterocycles. The second-order valence-electron chi connectivity index (χ2n) is 5.97. The second-order valence-corrected chi connectivity index (χ2v) is 9.13. The Morgan fingerprint density at radius 3 is 2.88 bits per heavy atom. The molecule has 1 aromatic heterocycles.